The molecular weight excluding hydrogens is 337 g/mol. The van der Waals surface area contributed by atoms with Crippen LogP contribution in [0, 0.1) is 0 Å². The number of hydrogen-bond donors (Lipinski definition) is 0. The molecule has 3 rings (SSSR count). The minimum Gasteiger partial charge on any atom is -0.324 e. The van der Waals surface area contributed by atoms with Gasteiger partial charge in [0.25, 0.3) is 11.8 Å². The molecule has 0 saturated heterocycles. The highest BCUT2D eigenvalue weighted by atomic mass is 35.5. The average Bonchev–Trinajstić information content (AvgIpc) is 2.92. The molecule has 2 amide bonds. The fraction of sp³-hybridized carbons (Fsp3) is 0. The fourth-order valence-electron chi connectivity index (χ4n) is 1.86. The lowest BCUT2D eigenvalue weighted by atomic mass is 10.1. The number of hydrogen-bond acceptors (Lipinski definition) is 5. The van der Waals surface area contributed by atoms with E-state index < -0.39 is 17.8 Å². The lowest BCUT2D eigenvalue weighted by Gasteiger charge is -2.12. The van der Waals surface area contributed by atoms with Gasteiger partial charge in [-0.3, -0.25) is 9.59 Å². The third-order valence-corrected chi connectivity index (χ3v) is 4.30. The minimum absolute atomic E-state index is 0.00298. The first-order valence-corrected chi connectivity index (χ1v) is 7.21. The van der Waals surface area contributed by atoms with Gasteiger partial charge < -0.3 is 4.84 Å². The number of carbonyl (C=O) groups excluding carboxylic acids is 3. The molecule has 1 aliphatic rings. The molecule has 0 bridgehead atoms. The molecule has 0 radical (unpaired) electrons. The van der Waals surface area contributed by atoms with Crippen LogP contribution < -0.4 is 0 Å². The van der Waals surface area contributed by atoms with Gasteiger partial charge in [0.2, 0.25) is 0 Å². The highest BCUT2D eigenvalue weighted by Crippen LogP contribution is 2.32. The zero-order chi connectivity index (χ0) is 15.1. The molecule has 0 saturated carbocycles. The van der Waals surface area contributed by atoms with E-state index in [1.165, 1.54) is 18.2 Å². The van der Waals surface area contributed by atoms with Crippen molar-refractivity contribution in [2.24, 2.45) is 0 Å². The second-order valence-electron chi connectivity index (χ2n) is 4.07. The van der Waals surface area contributed by atoms with Crippen molar-refractivity contribution < 1.29 is 19.2 Å². The molecule has 0 N–H and O–H groups in total. The first-order chi connectivity index (χ1) is 9.99. The summed E-state index contributed by atoms with van der Waals surface area (Å²) in [5.74, 6) is -2.31. The first-order valence-electron chi connectivity index (χ1n) is 5.64. The molecule has 1 aromatic carbocycles. The highest BCUT2D eigenvalue weighted by Gasteiger charge is 2.39. The lowest BCUT2D eigenvalue weighted by Crippen LogP contribution is -2.32. The van der Waals surface area contributed by atoms with Crippen LogP contribution in [0.25, 0.3) is 0 Å². The molecule has 1 aliphatic heterocycles. The summed E-state index contributed by atoms with van der Waals surface area (Å²) in [6.45, 7) is 0. The Balaban J connectivity index is 1.87. The number of fused-ring (bicyclic) bond motifs is 1. The van der Waals surface area contributed by atoms with E-state index in [1.807, 2.05) is 0 Å². The molecule has 8 heteroatoms. The Morgan fingerprint density at radius 3 is 2.14 bits per heavy atom. The Morgan fingerprint density at radius 2 is 1.67 bits per heavy atom. The number of rotatable bonds is 2. The van der Waals surface area contributed by atoms with Gasteiger partial charge in [-0.2, -0.15) is 0 Å². The van der Waals surface area contributed by atoms with Crippen LogP contribution >= 0.6 is 34.5 Å². The normalized spacial score (nSPS) is 13.5. The van der Waals surface area contributed by atoms with Crippen LogP contribution in [0.3, 0.4) is 0 Å². The van der Waals surface area contributed by atoms with E-state index in [9.17, 15) is 14.4 Å². The highest BCUT2D eigenvalue weighted by molar-refractivity contribution is 7.20. The van der Waals surface area contributed by atoms with Gasteiger partial charge >= 0.3 is 5.97 Å². The molecule has 1 aromatic heterocycles. The molecule has 106 valence electrons. The number of halogens is 2. The molecule has 0 fully saturated rings. The van der Waals surface area contributed by atoms with E-state index in [1.54, 1.807) is 12.1 Å². The van der Waals surface area contributed by atoms with Crippen molar-refractivity contribution in [3.63, 3.8) is 0 Å². The Hall–Kier alpha value is -1.89. The quantitative estimate of drug-likeness (QED) is 0.785. The predicted octanol–water partition coefficient (Wildman–Crippen LogP) is 3.42. The minimum atomic E-state index is -0.919. The van der Waals surface area contributed by atoms with Gasteiger partial charge in [-0.05, 0) is 18.2 Å². The maximum absolute atomic E-state index is 12.0. The molecule has 2 aromatic rings. The van der Waals surface area contributed by atoms with Crippen molar-refractivity contribution in [3.05, 3.63) is 55.7 Å². The van der Waals surface area contributed by atoms with Crippen molar-refractivity contribution in [1.82, 2.24) is 5.06 Å². The Morgan fingerprint density at radius 1 is 1.10 bits per heavy atom. The standard InChI is InChI=1S/C13H5Cl2NO4S/c14-9-5-8(10(15)21-9)13(19)20-16-11(17)6-3-1-2-4-7(6)12(16)18/h1-5H. The Labute approximate surface area is 132 Å². The lowest BCUT2D eigenvalue weighted by molar-refractivity contribution is -0.0584. The second-order valence-corrected chi connectivity index (χ2v) is 6.35. The van der Waals surface area contributed by atoms with Crippen LogP contribution in [0.5, 0.6) is 0 Å². The molecule has 0 aliphatic carbocycles. The molecular formula is C13H5Cl2NO4S. The molecule has 21 heavy (non-hydrogen) atoms. The van der Waals surface area contributed by atoms with Crippen molar-refractivity contribution >= 4 is 52.3 Å². The Kier molecular flexibility index (Phi) is 3.44. The van der Waals surface area contributed by atoms with Gasteiger partial charge in [0.15, 0.2) is 0 Å². The van der Waals surface area contributed by atoms with Crippen molar-refractivity contribution in [2.75, 3.05) is 0 Å². The van der Waals surface area contributed by atoms with E-state index in [-0.39, 0.29) is 21.0 Å². The topological polar surface area (TPSA) is 63.7 Å². The van der Waals surface area contributed by atoms with Crippen molar-refractivity contribution in [2.45, 2.75) is 0 Å². The van der Waals surface area contributed by atoms with Gasteiger partial charge in [-0.25, -0.2) is 4.79 Å². The predicted molar refractivity (Wildman–Crippen MR) is 76.7 cm³/mol. The second kappa shape index (κ2) is 5.14. The van der Waals surface area contributed by atoms with E-state index >= 15 is 0 Å². The molecule has 0 atom stereocenters. The van der Waals surface area contributed by atoms with Crippen LogP contribution in [0.15, 0.2) is 30.3 Å². The summed E-state index contributed by atoms with van der Waals surface area (Å²) < 4.78 is 0.427. The number of hydroxylamine groups is 2. The molecule has 5 nitrogen and oxygen atoms in total. The summed E-state index contributed by atoms with van der Waals surface area (Å²) in [5, 5.41) is 0.425. The molecule has 0 spiro atoms. The van der Waals surface area contributed by atoms with Gasteiger partial charge in [-0.1, -0.05) is 40.4 Å². The van der Waals surface area contributed by atoms with E-state index in [0.29, 0.717) is 9.40 Å². The van der Waals surface area contributed by atoms with E-state index in [2.05, 4.69) is 0 Å². The number of carbonyl (C=O) groups is 3. The SMILES string of the molecule is O=C(ON1C(=O)c2ccccc2C1=O)c1cc(Cl)sc1Cl. The number of thiophene rings is 1. The van der Waals surface area contributed by atoms with Crippen LogP contribution in [-0.2, 0) is 4.84 Å². The fourth-order valence-corrected chi connectivity index (χ4v) is 3.30. The zero-order valence-electron chi connectivity index (χ0n) is 10.1. The van der Waals surface area contributed by atoms with Crippen molar-refractivity contribution in [3.8, 4) is 0 Å². The summed E-state index contributed by atoms with van der Waals surface area (Å²) in [6, 6.07) is 7.51. The van der Waals surface area contributed by atoms with Crippen LogP contribution in [0.2, 0.25) is 8.67 Å². The van der Waals surface area contributed by atoms with Gasteiger partial charge in [0.1, 0.15) is 4.34 Å². The average molecular weight is 342 g/mol. The summed E-state index contributed by atoms with van der Waals surface area (Å²) in [4.78, 5) is 40.9. The summed E-state index contributed by atoms with van der Waals surface area (Å²) in [5.41, 5.74) is 0.373. The van der Waals surface area contributed by atoms with Gasteiger partial charge in [0.05, 0.1) is 21.0 Å². The summed E-state index contributed by atoms with van der Waals surface area (Å²) >= 11 is 12.6. The van der Waals surface area contributed by atoms with E-state index in [0.717, 1.165) is 11.3 Å². The number of benzene rings is 1. The zero-order valence-corrected chi connectivity index (χ0v) is 12.5. The van der Waals surface area contributed by atoms with Gasteiger partial charge in [-0.15, -0.1) is 11.3 Å². The Bertz CT molecular complexity index is 751. The van der Waals surface area contributed by atoms with Crippen LogP contribution in [0.4, 0.5) is 0 Å². The van der Waals surface area contributed by atoms with Gasteiger partial charge in [0, 0.05) is 0 Å². The summed E-state index contributed by atoms with van der Waals surface area (Å²) in [6.07, 6.45) is 0. The smallest absolute Gasteiger partial charge is 0.324 e. The third kappa shape index (κ3) is 2.31. The monoisotopic (exact) mass is 341 g/mol. The van der Waals surface area contributed by atoms with Crippen LogP contribution in [-0.4, -0.2) is 22.8 Å². The largest absolute Gasteiger partial charge is 0.366 e. The van der Waals surface area contributed by atoms with E-state index in [4.69, 9.17) is 28.0 Å². The molecule has 0 unspecified atom stereocenters. The summed E-state index contributed by atoms with van der Waals surface area (Å²) in [7, 11) is 0. The maximum atomic E-state index is 12.0. The van der Waals surface area contributed by atoms with Crippen LogP contribution in [0.1, 0.15) is 31.1 Å². The van der Waals surface area contributed by atoms with Crippen molar-refractivity contribution in [1.29, 1.82) is 0 Å². The number of amides is 2. The number of imide groups is 1. The third-order valence-electron chi connectivity index (χ3n) is 2.81. The molecule has 2 heterocycles. The maximum Gasteiger partial charge on any atom is 0.366 e. The number of nitrogens with zero attached hydrogens (tertiary/aromatic N) is 1. The first kappa shape index (κ1) is 14.1.